The topological polar surface area (TPSA) is 100 Å². The molecule has 3 rings (SSSR count). The SMILES string of the molecule is COc1cc(/C=C(\C#N)C(=O)Nc2ccccc2Cl)ccc1OCC(=O)Nc1ccccc1C. The number of aryl methyl sites for hydroxylation is 1. The molecule has 3 aromatic rings. The number of para-hydroxylation sites is 2. The molecule has 172 valence electrons. The second kappa shape index (κ2) is 11.5. The van der Waals surface area contributed by atoms with E-state index in [1.807, 2.05) is 37.3 Å². The number of halogens is 1. The number of carbonyl (C=O) groups is 2. The highest BCUT2D eigenvalue weighted by Gasteiger charge is 2.13. The second-order valence-electron chi connectivity index (χ2n) is 7.17. The lowest BCUT2D eigenvalue weighted by Gasteiger charge is -2.12. The number of amides is 2. The van der Waals surface area contributed by atoms with Crippen molar-refractivity contribution >= 4 is 40.9 Å². The fourth-order valence-electron chi connectivity index (χ4n) is 3.00. The molecule has 0 atom stereocenters. The van der Waals surface area contributed by atoms with Crippen molar-refractivity contribution in [2.45, 2.75) is 6.92 Å². The first-order valence-corrected chi connectivity index (χ1v) is 10.6. The molecular formula is C26H22ClN3O4. The summed E-state index contributed by atoms with van der Waals surface area (Å²) >= 11 is 6.06. The van der Waals surface area contributed by atoms with Crippen LogP contribution in [-0.4, -0.2) is 25.5 Å². The first-order chi connectivity index (χ1) is 16.4. The third kappa shape index (κ3) is 6.37. The molecule has 0 heterocycles. The molecule has 0 saturated carbocycles. The van der Waals surface area contributed by atoms with Gasteiger partial charge in [-0.2, -0.15) is 5.26 Å². The van der Waals surface area contributed by atoms with Crippen molar-refractivity contribution in [2.24, 2.45) is 0 Å². The Hall–Kier alpha value is -4.28. The minimum Gasteiger partial charge on any atom is -0.493 e. The van der Waals surface area contributed by atoms with Gasteiger partial charge in [-0.3, -0.25) is 9.59 Å². The quantitative estimate of drug-likeness (QED) is 0.343. The zero-order chi connectivity index (χ0) is 24.5. The van der Waals surface area contributed by atoms with Gasteiger partial charge in [-0.05, 0) is 54.5 Å². The predicted octanol–water partition coefficient (Wildman–Crippen LogP) is 5.22. The molecular weight excluding hydrogens is 454 g/mol. The molecule has 0 aliphatic heterocycles. The van der Waals surface area contributed by atoms with E-state index in [1.165, 1.54) is 13.2 Å². The number of benzene rings is 3. The minimum atomic E-state index is -0.595. The Labute approximate surface area is 202 Å². The fraction of sp³-hybridized carbons (Fsp3) is 0.115. The van der Waals surface area contributed by atoms with Crippen molar-refractivity contribution in [1.29, 1.82) is 5.26 Å². The number of nitrogens with zero attached hydrogens (tertiary/aromatic N) is 1. The molecule has 0 bridgehead atoms. The third-order valence-corrected chi connectivity index (χ3v) is 5.09. The number of ether oxygens (including phenoxy) is 2. The van der Waals surface area contributed by atoms with E-state index < -0.39 is 5.91 Å². The van der Waals surface area contributed by atoms with Crippen LogP contribution in [0, 0.1) is 18.3 Å². The summed E-state index contributed by atoms with van der Waals surface area (Å²) in [5, 5.41) is 15.2. The van der Waals surface area contributed by atoms with Crippen molar-refractivity contribution in [2.75, 3.05) is 24.4 Å². The summed E-state index contributed by atoms with van der Waals surface area (Å²) in [6.45, 7) is 1.68. The molecule has 0 unspecified atom stereocenters. The van der Waals surface area contributed by atoms with Gasteiger partial charge in [0.25, 0.3) is 11.8 Å². The van der Waals surface area contributed by atoms with Crippen LogP contribution in [0.25, 0.3) is 6.08 Å². The van der Waals surface area contributed by atoms with E-state index in [0.717, 1.165) is 5.56 Å². The maximum absolute atomic E-state index is 12.5. The summed E-state index contributed by atoms with van der Waals surface area (Å²) < 4.78 is 11.0. The van der Waals surface area contributed by atoms with Crippen molar-refractivity contribution in [3.63, 3.8) is 0 Å². The van der Waals surface area contributed by atoms with Crippen molar-refractivity contribution < 1.29 is 19.1 Å². The lowest BCUT2D eigenvalue weighted by molar-refractivity contribution is -0.118. The van der Waals surface area contributed by atoms with Gasteiger partial charge in [0, 0.05) is 5.69 Å². The number of hydrogen-bond donors (Lipinski definition) is 2. The van der Waals surface area contributed by atoms with Gasteiger partial charge in [0.05, 0.1) is 17.8 Å². The van der Waals surface area contributed by atoms with E-state index in [2.05, 4.69) is 10.6 Å². The maximum atomic E-state index is 12.5. The maximum Gasteiger partial charge on any atom is 0.266 e. The van der Waals surface area contributed by atoms with Gasteiger partial charge in [0.15, 0.2) is 18.1 Å². The Kier molecular flexibility index (Phi) is 8.27. The Morgan fingerprint density at radius 1 is 1.00 bits per heavy atom. The van der Waals surface area contributed by atoms with Crippen LogP contribution in [0.15, 0.2) is 72.3 Å². The zero-order valence-electron chi connectivity index (χ0n) is 18.6. The monoisotopic (exact) mass is 475 g/mol. The number of nitrogens with one attached hydrogen (secondary N) is 2. The number of rotatable bonds is 8. The summed E-state index contributed by atoms with van der Waals surface area (Å²) in [6, 6.07) is 20.9. The first-order valence-electron chi connectivity index (χ1n) is 10.2. The average molecular weight is 476 g/mol. The largest absolute Gasteiger partial charge is 0.493 e. The van der Waals surface area contributed by atoms with Crippen LogP contribution in [0.5, 0.6) is 11.5 Å². The van der Waals surface area contributed by atoms with E-state index in [4.69, 9.17) is 21.1 Å². The lowest BCUT2D eigenvalue weighted by Crippen LogP contribution is -2.20. The molecule has 0 fully saturated rings. The van der Waals surface area contributed by atoms with Gasteiger partial charge in [-0.15, -0.1) is 0 Å². The lowest BCUT2D eigenvalue weighted by atomic mass is 10.1. The highest BCUT2D eigenvalue weighted by Crippen LogP contribution is 2.29. The summed E-state index contributed by atoms with van der Waals surface area (Å²) in [5.74, 6) is -0.217. The van der Waals surface area contributed by atoms with E-state index >= 15 is 0 Å². The number of nitriles is 1. The highest BCUT2D eigenvalue weighted by atomic mass is 35.5. The molecule has 0 radical (unpaired) electrons. The van der Waals surface area contributed by atoms with E-state index in [1.54, 1.807) is 42.5 Å². The molecule has 3 aromatic carbocycles. The van der Waals surface area contributed by atoms with Crippen LogP contribution in [0.3, 0.4) is 0 Å². The van der Waals surface area contributed by atoms with Crippen LogP contribution >= 0.6 is 11.6 Å². The number of anilines is 2. The molecule has 34 heavy (non-hydrogen) atoms. The summed E-state index contributed by atoms with van der Waals surface area (Å²) in [7, 11) is 1.46. The Bertz CT molecular complexity index is 1280. The van der Waals surface area contributed by atoms with Crippen molar-refractivity contribution in [1.82, 2.24) is 0 Å². The average Bonchev–Trinajstić information content (AvgIpc) is 2.84. The van der Waals surface area contributed by atoms with E-state index in [0.29, 0.717) is 33.5 Å². The van der Waals surface area contributed by atoms with Gasteiger partial charge in [0.1, 0.15) is 11.6 Å². The first kappa shape index (κ1) is 24.4. The molecule has 0 saturated heterocycles. The van der Waals surface area contributed by atoms with Crippen molar-refractivity contribution in [3.05, 3.63) is 88.5 Å². The molecule has 0 aliphatic rings. The van der Waals surface area contributed by atoms with Crippen LogP contribution in [0.2, 0.25) is 5.02 Å². The van der Waals surface area contributed by atoms with Crippen LogP contribution < -0.4 is 20.1 Å². The summed E-state index contributed by atoms with van der Waals surface area (Å²) in [5.41, 5.74) is 2.48. The van der Waals surface area contributed by atoms with Gasteiger partial charge in [0.2, 0.25) is 0 Å². The van der Waals surface area contributed by atoms with E-state index in [9.17, 15) is 14.9 Å². The fourth-order valence-corrected chi connectivity index (χ4v) is 3.19. The Balaban J connectivity index is 1.69. The number of hydrogen-bond acceptors (Lipinski definition) is 5. The number of carbonyl (C=O) groups excluding carboxylic acids is 2. The Morgan fingerprint density at radius 3 is 2.38 bits per heavy atom. The molecule has 2 amide bonds. The molecule has 2 N–H and O–H groups in total. The molecule has 0 aromatic heterocycles. The van der Waals surface area contributed by atoms with Gasteiger partial charge < -0.3 is 20.1 Å². The zero-order valence-corrected chi connectivity index (χ0v) is 19.3. The van der Waals surface area contributed by atoms with Gasteiger partial charge in [-0.1, -0.05) is 48.0 Å². The van der Waals surface area contributed by atoms with Crippen LogP contribution in [0.4, 0.5) is 11.4 Å². The highest BCUT2D eigenvalue weighted by molar-refractivity contribution is 6.34. The second-order valence-corrected chi connectivity index (χ2v) is 7.57. The normalized spacial score (nSPS) is 10.7. The van der Waals surface area contributed by atoms with E-state index in [-0.39, 0.29) is 18.1 Å². The molecule has 0 aliphatic carbocycles. The minimum absolute atomic E-state index is 0.117. The number of methoxy groups -OCH3 is 1. The smallest absolute Gasteiger partial charge is 0.266 e. The Morgan fingerprint density at radius 2 is 1.71 bits per heavy atom. The molecule has 0 spiro atoms. The standard InChI is InChI=1S/C26H22ClN3O4/c1-17-7-3-5-9-21(17)29-25(31)16-34-23-12-11-18(14-24(23)33-2)13-19(15-28)26(32)30-22-10-6-4-8-20(22)27/h3-14H,16H2,1-2H3,(H,29,31)(H,30,32)/b19-13+. The summed E-state index contributed by atoms with van der Waals surface area (Å²) in [6.07, 6.45) is 1.42. The predicted molar refractivity (Wildman–Crippen MR) is 132 cm³/mol. The van der Waals surface area contributed by atoms with Crippen molar-refractivity contribution in [3.8, 4) is 17.6 Å². The molecule has 8 heteroatoms. The van der Waals surface area contributed by atoms with Crippen LogP contribution in [-0.2, 0) is 9.59 Å². The molecule has 7 nitrogen and oxygen atoms in total. The summed E-state index contributed by atoms with van der Waals surface area (Å²) in [4.78, 5) is 24.8. The third-order valence-electron chi connectivity index (χ3n) is 4.76. The van der Waals surface area contributed by atoms with Crippen LogP contribution in [0.1, 0.15) is 11.1 Å². The van der Waals surface area contributed by atoms with Gasteiger partial charge in [-0.25, -0.2) is 0 Å². The van der Waals surface area contributed by atoms with Gasteiger partial charge >= 0.3 is 0 Å².